The Morgan fingerprint density at radius 2 is 0.900 bits per heavy atom. The van der Waals surface area contributed by atoms with Crippen LogP contribution in [0.25, 0.3) is 0 Å². The fourth-order valence-electron chi connectivity index (χ4n) is 3.87. The molecule has 2 nitrogen and oxygen atoms in total. The van der Waals surface area contributed by atoms with E-state index in [1.54, 1.807) is 0 Å². The third-order valence-corrected chi connectivity index (χ3v) is 8.05. The van der Waals surface area contributed by atoms with Gasteiger partial charge >= 0.3 is 7.12 Å². The second-order valence-corrected chi connectivity index (χ2v) is 9.55. The van der Waals surface area contributed by atoms with Gasteiger partial charge in [-0.2, -0.15) is 0 Å². The van der Waals surface area contributed by atoms with Crippen LogP contribution in [0.1, 0.15) is 22.8 Å². The van der Waals surface area contributed by atoms with Crippen LogP contribution in [0.15, 0.2) is 121 Å². The molecule has 5 rings (SSSR count). The van der Waals surface area contributed by atoms with Crippen molar-refractivity contribution in [3.8, 4) is 0 Å². The number of hydrogen-bond donors (Lipinski definition) is 0. The molecule has 30 heavy (non-hydrogen) atoms. The van der Waals surface area contributed by atoms with Crippen molar-refractivity contribution in [3.05, 3.63) is 132 Å². The number of hydrogen-bond acceptors (Lipinski definition) is 2. The fourth-order valence-corrected chi connectivity index (χ4v) is 6.65. The van der Waals surface area contributed by atoms with E-state index in [-0.39, 0.29) is 11.7 Å². The van der Waals surface area contributed by atoms with Crippen molar-refractivity contribution >= 4 is 25.8 Å². The van der Waals surface area contributed by atoms with E-state index >= 15 is 0 Å². The summed E-state index contributed by atoms with van der Waals surface area (Å²) in [4.78, 5) is 0. The lowest BCUT2D eigenvalue weighted by molar-refractivity contribution is 0.149. The molecule has 2 atom stereocenters. The molecule has 0 radical (unpaired) electrons. The topological polar surface area (TPSA) is 18.5 Å². The summed E-state index contributed by atoms with van der Waals surface area (Å²) < 4.78 is 13.4. The van der Waals surface area contributed by atoms with Gasteiger partial charge in [0.15, 0.2) is 0 Å². The maximum absolute atomic E-state index is 6.68. The maximum atomic E-state index is 6.68. The van der Waals surface area contributed by atoms with Crippen LogP contribution in [-0.4, -0.2) is 7.12 Å². The smallest absolute Gasteiger partial charge is 0.396 e. The first-order valence-electron chi connectivity index (χ1n) is 10.2. The molecule has 2 unspecified atom stereocenters. The third kappa shape index (κ3) is 3.97. The predicted octanol–water partition coefficient (Wildman–Crippen LogP) is 5.63. The van der Waals surface area contributed by atoms with Gasteiger partial charge in [0.25, 0.3) is 0 Å². The monoisotopic (exact) mass is 408 g/mol. The van der Waals surface area contributed by atoms with Gasteiger partial charge in [0.2, 0.25) is 0 Å². The summed E-state index contributed by atoms with van der Waals surface area (Å²) in [5.41, 5.74) is 3.43. The van der Waals surface area contributed by atoms with Crippen LogP contribution in [0, 0.1) is 0 Å². The molecule has 0 saturated carbocycles. The first-order valence-corrected chi connectivity index (χ1v) is 11.7. The molecule has 1 saturated heterocycles. The molecule has 0 amide bonds. The van der Waals surface area contributed by atoms with Crippen LogP contribution in [-0.2, 0) is 9.31 Å². The molecule has 1 aliphatic heterocycles. The molecule has 1 heterocycles. The second kappa shape index (κ2) is 8.98. The molecule has 0 bridgehead atoms. The summed E-state index contributed by atoms with van der Waals surface area (Å²) in [6, 6.07) is 42.0. The standard InChI is InChI=1S/C26H22BO2P/c1-5-13-21(14-6-1)25-28-27(23-17-9-3-10-18-23)29-26(22-15-7-2-8-16-22)30(25)24-19-11-4-12-20-24/h1-20,25-26H. The van der Waals surface area contributed by atoms with Crippen LogP contribution in [0.2, 0.25) is 0 Å². The van der Waals surface area contributed by atoms with Crippen LogP contribution in [0.3, 0.4) is 0 Å². The van der Waals surface area contributed by atoms with E-state index in [9.17, 15) is 0 Å². The molecule has 1 aliphatic rings. The van der Waals surface area contributed by atoms with Gasteiger partial charge in [-0.1, -0.05) is 121 Å². The Hall–Kier alpha value is -2.71. The highest BCUT2D eigenvalue weighted by Gasteiger charge is 2.44. The van der Waals surface area contributed by atoms with Crippen molar-refractivity contribution in [1.29, 1.82) is 0 Å². The van der Waals surface area contributed by atoms with E-state index in [4.69, 9.17) is 9.31 Å². The fraction of sp³-hybridized carbons (Fsp3) is 0.0769. The van der Waals surface area contributed by atoms with Gasteiger partial charge in [-0.25, -0.2) is 0 Å². The van der Waals surface area contributed by atoms with Gasteiger partial charge < -0.3 is 9.31 Å². The quantitative estimate of drug-likeness (QED) is 0.322. The van der Waals surface area contributed by atoms with Crippen LogP contribution >= 0.6 is 7.92 Å². The molecule has 0 aliphatic carbocycles. The van der Waals surface area contributed by atoms with E-state index in [2.05, 4.69) is 103 Å². The van der Waals surface area contributed by atoms with Crippen LogP contribution < -0.4 is 10.8 Å². The van der Waals surface area contributed by atoms with Crippen molar-refractivity contribution in [2.24, 2.45) is 0 Å². The minimum absolute atomic E-state index is 0.0623. The summed E-state index contributed by atoms with van der Waals surface area (Å²) in [6.07, 6.45) is 0. The molecule has 0 N–H and O–H groups in total. The zero-order chi connectivity index (χ0) is 20.2. The van der Waals surface area contributed by atoms with Gasteiger partial charge in [-0.05, 0) is 29.8 Å². The Labute approximate surface area is 179 Å². The van der Waals surface area contributed by atoms with E-state index in [0.717, 1.165) is 5.46 Å². The maximum Gasteiger partial charge on any atom is 0.495 e. The van der Waals surface area contributed by atoms with Gasteiger partial charge in [0.05, 0.1) is 11.7 Å². The highest BCUT2D eigenvalue weighted by Crippen LogP contribution is 2.64. The molecule has 1 fully saturated rings. The van der Waals surface area contributed by atoms with E-state index in [1.165, 1.54) is 16.4 Å². The Morgan fingerprint density at radius 1 is 0.500 bits per heavy atom. The lowest BCUT2D eigenvalue weighted by atomic mass is 9.78. The van der Waals surface area contributed by atoms with Crippen molar-refractivity contribution in [3.63, 3.8) is 0 Å². The van der Waals surface area contributed by atoms with Gasteiger partial charge in [-0.3, -0.25) is 0 Å². The lowest BCUT2D eigenvalue weighted by Crippen LogP contribution is -2.43. The summed E-state index contributed by atoms with van der Waals surface area (Å²) in [7, 11) is -1.22. The third-order valence-electron chi connectivity index (χ3n) is 5.31. The van der Waals surface area contributed by atoms with Crippen LogP contribution in [0.4, 0.5) is 0 Å². The predicted molar refractivity (Wildman–Crippen MR) is 125 cm³/mol. The molecule has 4 aromatic rings. The van der Waals surface area contributed by atoms with Crippen molar-refractivity contribution in [2.75, 3.05) is 0 Å². The van der Waals surface area contributed by atoms with Crippen molar-refractivity contribution < 1.29 is 9.31 Å². The highest BCUT2D eigenvalue weighted by molar-refractivity contribution is 7.66. The van der Waals surface area contributed by atoms with Gasteiger partial charge in [-0.15, -0.1) is 0 Å². The number of benzene rings is 4. The second-order valence-electron chi connectivity index (χ2n) is 7.28. The Bertz CT molecular complexity index is 1010. The molecular formula is C26H22BO2P. The Morgan fingerprint density at radius 3 is 1.37 bits per heavy atom. The lowest BCUT2D eigenvalue weighted by Gasteiger charge is -2.42. The normalized spacial score (nSPS) is 21.3. The Balaban J connectivity index is 1.64. The molecule has 4 aromatic carbocycles. The minimum Gasteiger partial charge on any atom is -0.396 e. The minimum atomic E-state index is -0.808. The van der Waals surface area contributed by atoms with Crippen molar-refractivity contribution in [2.45, 2.75) is 11.7 Å². The number of rotatable bonds is 4. The Kier molecular flexibility index (Phi) is 5.77. The molecule has 0 spiro atoms. The highest BCUT2D eigenvalue weighted by atomic mass is 31.1. The van der Waals surface area contributed by atoms with Crippen molar-refractivity contribution in [1.82, 2.24) is 0 Å². The van der Waals surface area contributed by atoms with E-state index in [1.807, 2.05) is 18.2 Å². The average Bonchev–Trinajstić information content (AvgIpc) is 2.85. The zero-order valence-electron chi connectivity index (χ0n) is 16.5. The summed E-state index contributed by atoms with van der Waals surface area (Å²) >= 11 is 0. The molecule has 146 valence electrons. The first kappa shape index (κ1) is 19.3. The zero-order valence-corrected chi connectivity index (χ0v) is 17.4. The SMILES string of the molecule is c1ccc(B2OC(c3ccccc3)P(c3ccccc3)C(c3ccccc3)O2)cc1. The van der Waals surface area contributed by atoms with E-state index < -0.39 is 15.0 Å². The largest absolute Gasteiger partial charge is 0.495 e. The van der Waals surface area contributed by atoms with Gasteiger partial charge in [0, 0.05) is 0 Å². The average molecular weight is 408 g/mol. The summed E-state index contributed by atoms with van der Waals surface area (Å²) in [6.45, 7) is 0. The van der Waals surface area contributed by atoms with Gasteiger partial charge in [0.1, 0.15) is 0 Å². The molecule has 4 heteroatoms. The summed E-state index contributed by atoms with van der Waals surface area (Å²) in [5.74, 6) is -0.125. The van der Waals surface area contributed by atoms with E-state index in [0.29, 0.717) is 0 Å². The molecule has 0 aromatic heterocycles. The summed E-state index contributed by atoms with van der Waals surface area (Å²) in [5, 5.41) is 1.28. The first-order chi connectivity index (χ1) is 14.9. The van der Waals surface area contributed by atoms with Crippen LogP contribution in [0.5, 0.6) is 0 Å². The molecular weight excluding hydrogens is 386 g/mol.